The van der Waals surface area contributed by atoms with Crippen LogP contribution in [0, 0.1) is 0 Å². The first-order valence-electron chi connectivity index (χ1n) is 21.8. The Labute approximate surface area is 405 Å². The van der Waals surface area contributed by atoms with Gasteiger partial charge >= 0.3 is 5.97 Å². The molecule has 1 atom stereocenters. The first-order chi connectivity index (χ1) is 31.4. The second kappa shape index (κ2) is 29.6. The average molecular weight is 1000 g/mol. The number of methoxy groups -OCH3 is 3. The number of carbonyl (C=O) groups excluding carboxylic acids is 1. The van der Waals surface area contributed by atoms with Gasteiger partial charge < -0.3 is 48.3 Å². The van der Waals surface area contributed by atoms with Crippen molar-refractivity contribution in [2.75, 3.05) is 99.6 Å². The molecule has 0 aromatic heterocycles. The normalized spacial score (nSPS) is 13.8. The lowest BCUT2D eigenvalue weighted by atomic mass is 9.98. The molecule has 2 N–H and O–H groups in total. The van der Waals surface area contributed by atoms with Crippen LogP contribution in [0.25, 0.3) is 11.1 Å². The highest BCUT2D eigenvalue weighted by Gasteiger charge is 2.28. The predicted octanol–water partition coefficient (Wildman–Crippen LogP) is 7.80. The Morgan fingerprint density at radius 1 is 0.788 bits per heavy atom. The highest BCUT2D eigenvalue weighted by molar-refractivity contribution is 7.98. The molecule has 1 aliphatic rings. The van der Waals surface area contributed by atoms with Crippen LogP contribution in [0.3, 0.4) is 0 Å². The Bertz CT molecular complexity index is 1970. The van der Waals surface area contributed by atoms with Gasteiger partial charge in [-0.25, -0.2) is 13.2 Å². The molecule has 4 rings (SSSR count). The van der Waals surface area contributed by atoms with Gasteiger partial charge in [0.05, 0.1) is 88.7 Å². The van der Waals surface area contributed by atoms with Gasteiger partial charge in [-0.1, -0.05) is 47.5 Å². The van der Waals surface area contributed by atoms with Crippen molar-refractivity contribution in [1.29, 1.82) is 0 Å². The fraction of sp³-hybridized carbons (Fsp3) is 0.574. The summed E-state index contributed by atoms with van der Waals surface area (Å²) in [6.45, 7) is 14.0. The molecule has 1 aliphatic heterocycles. The van der Waals surface area contributed by atoms with Crippen LogP contribution < -0.4 is 14.8 Å². The molecular weight excluding hydrogens is 936 g/mol. The number of ether oxygens (including phenoxy) is 8. The lowest BCUT2D eigenvalue weighted by Crippen LogP contribution is -2.37. The summed E-state index contributed by atoms with van der Waals surface area (Å²) in [6, 6.07) is 14.8. The largest absolute Gasteiger partial charge is 0.496 e. The van der Waals surface area contributed by atoms with Crippen LogP contribution in [0.15, 0.2) is 59.5 Å². The molecule has 370 valence electrons. The number of nitrogens with zero attached hydrogens (tertiary/aromatic N) is 1. The molecule has 19 heteroatoms. The zero-order chi connectivity index (χ0) is 48.6. The average Bonchev–Trinajstić information content (AvgIpc) is 3.84. The van der Waals surface area contributed by atoms with E-state index in [9.17, 15) is 23.1 Å². The lowest BCUT2D eigenvalue weighted by Gasteiger charge is -2.32. The first-order valence-corrected chi connectivity index (χ1v) is 25.1. The second-order valence-electron chi connectivity index (χ2n) is 16.5. The number of carboxylic acids is 1. The molecule has 1 saturated heterocycles. The number of carboxylic acid groups (broad SMARTS) is 1. The number of nitrogens with one attached hydrogen (secondary N) is 1. The first kappa shape index (κ1) is 57.1. The summed E-state index contributed by atoms with van der Waals surface area (Å²) in [5.41, 5.74) is 2.84. The summed E-state index contributed by atoms with van der Waals surface area (Å²) in [6.07, 6.45) is 3.21. The summed E-state index contributed by atoms with van der Waals surface area (Å²) in [5, 5.41) is 12.3. The molecule has 0 radical (unpaired) electrons. The smallest absolute Gasteiger partial charge is 0.326 e. The van der Waals surface area contributed by atoms with Crippen LogP contribution in [-0.2, 0) is 60.2 Å². The predicted molar refractivity (Wildman–Crippen MR) is 259 cm³/mol. The molecule has 3 aromatic carbocycles. The van der Waals surface area contributed by atoms with Crippen LogP contribution in [0.4, 0.5) is 0 Å². The monoisotopic (exact) mass is 1000 g/mol. The minimum Gasteiger partial charge on any atom is -0.496 e. The van der Waals surface area contributed by atoms with Crippen LogP contribution in [0.1, 0.15) is 58.1 Å². The summed E-state index contributed by atoms with van der Waals surface area (Å²) >= 11 is 13.3. The molecule has 1 amide bonds. The zero-order valence-corrected chi connectivity index (χ0v) is 42.4. The van der Waals surface area contributed by atoms with E-state index in [-0.39, 0.29) is 16.9 Å². The Morgan fingerprint density at radius 3 is 1.88 bits per heavy atom. The number of halogens is 2. The fourth-order valence-electron chi connectivity index (χ4n) is 6.49. The number of rotatable bonds is 31. The molecule has 15 nitrogen and oxygen atoms in total. The minimum absolute atomic E-state index is 0.173. The van der Waals surface area contributed by atoms with Crippen molar-refractivity contribution in [1.82, 2.24) is 9.62 Å². The number of hydrogen-bond acceptors (Lipinski definition) is 13. The van der Waals surface area contributed by atoms with Gasteiger partial charge in [-0.05, 0) is 94.0 Å². The van der Waals surface area contributed by atoms with Crippen molar-refractivity contribution in [3.8, 4) is 22.6 Å². The molecule has 0 bridgehead atoms. The van der Waals surface area contributed by atoms with Crippen molar-refractivity contribution in [2.24, 2.45) is 0 Å². The van der Waals surface area contributed by atoms with E-state index in [1.165, 1.54) is 22.5 Å². The van der Waals surface area contributed by atoms with Gasteiger partial charge in [-0.15, -0.1) is 0 Å². The summed E-state index contributed by atoms with van der Waals surface area (Å²) in [5.74, 6) is 1.84. The highest BCUT2D eigenvalue weighted by atomic mass is 35.5. The maximum atomic E-state index is 12.1. The maximum Gasteiger partial charge on any atom is 0.326 e. The van der Waals surface area contributed by atoms with Gasteiger partial charge in [-0.2, -0.15) is 16.1 Å². The summed E-state index contributed by atoms with van der Waals surface area (Å²) in [4.78, 5) is 22.3. The van der Waals surface area contributed by atoms with E-state index in [1.54, 1.807) is 33.1 Å². The van der Waals surface area contributed by atoms with Crippen molar-refractivity contribution in [2.45, 2.75) is 81.3 Å². The van der Waals surface area contributed by atoms with Gasteiger partial charge in [0, 0.05) is 54.8 Å². The highest BCUT2D eigenvalue weighted by Crippen LogP contribution is 2.40. The van der Waals surface area contributed by atoms with E-state index in [1.807, 2.05) is 50.2 Å². The number of sulfonamides is 1. The third kappa shape index (κ3) is 20.6. The standard InChI is InChI=1S/C37H57NO11S.C10H11Cl2NO2S/c1-36(2,12-13-42-5)49-26-37(3,4)48-19-18-46-15-14-45-16-17-47-20-21-50-25-29-23-32(43-6)34(33(24-29)44-7)30-10-8-28(9-11-30)22-31(35(40)41)38-27-39;11-8-5-9(12)7-10(6-8)16(14,15)13-3-1-2-4-13/h8-11,23-24,27,31H,12-22,25-26H2,1-7H3,(H,38,39)(H,40,41);5-7H,1-4H2. The Kier molecular flexibility index (Phi) is 25.6. The molecule has 0 spiro atoms. The zero-order valence-electron chi connectivity index (χ0n) is 39.2. The van der Waals surface area contributed by atoms with Crippen molar-refractivity contribution in [3.05, 3.63) is 75.8 Å². The Morgan fingerprint density at radius 2 is 1.35 bits per heavy atom. The van der Waals surface area contributed by atoms with Crippen molar-refractivity contribution in [3.63, 3.8) is 0 Å². The summed E-state index contributed by atoms with van der Waals surface area (Å²) < 4.78 is 71.3. The fourth-order valence-corrected chi connectivity index (χ4v) is 9.52. The lowest BCUT2D eigenvalue weighted by molar-refractivity contribution is -0.140. The molecule has 1 fully saturated rings. The molecule has 3 aromatic rings. The van der Waals surface area contributed by atoms with Crippen LogP contribution in [-0.4, -0.2) is 147 Å². The molecular formula is C47H68Cl2N2O13S2. The van der Waals surface area contributed by atoms with E-state index >= 15 is 0 Å². The molecule has 1 unspecified atom stereocenters. The van der Waals surface area contributed by atoms with Crippen molar-refractivity contribution >= 4 is 57.4 Å². The molecule has 0 saturated carbocycles. The van der Waals surface area contributed by atoms with Gasteiger partial charge in [0.25, 0.3) is 0 Å². The summed E-state index contributed by atoms with van der Waals surface area (Å²) in [7, 11) is 1.51. The molecule has 66 heavy (non-hydrogen) atoms. The van der Waals surface area contributed by atoms with E-state index in [0.717, 1.165) is 53.0 Å². The van der Waals surface area contributed by atoms with E-state index in [4.69, 9.17) is 61.1 Å². The van der Waals surface area contributed by atoms with E-state index in [2.05, 4.69) is 19.2 Å². The minimum atomic E-state index is -3.42. The van der Waals surface area contributed by atoms with Crippen LogP contribution in [0.5, 0.6) is 11.5 Å². The molecule has 0 aliphatic carbocycles. The number of carbonyl (C=O) groups is 2. The maximum absolute atomic E-state index is 12.1. The number of amides is 1. The van der Waals surface area contributed by atoms with Crippen molar-refractivity contribution < 1.29 is 61.0 Å². The Hall–Kier alpha value is -3.20. The van der Waals surface area contributed by atoms with Gasteiger partial charge in [0.2, 0.25) is 16.4 Å². The SMILES string of the molecule is COCCC(C)(C)OCC(C)(C)OCCOCCOCCOCCSCc1cc(OC)c(-c2ccc(CC(NC=O)C(=O)O)cc2)c(OC)c1.O=S(=O)(c1cc(Cl)cc(Cl)c1)N1CCCC1. The van der Waals surface area contributed by atoms with Gasteiger partial charge in [0.15, 0.2) is 0 Å². The third-order valence-corrected chi connectivity index (χ3v) is 13.5. The number of benzene rings is 3. The van der Waals surface area contributed by atoms with E-state index < -0.39 is 27.6 Å². The third-order valence-electron chi connectivity index (χ3n) is 10.2. The van der Waals surface area contributed by atoms with E-state index in [0.29, 0.717) is 101 Å². The van der Waals surface area contributed by atoms with Crippen LogP contribution >= 0.6 is 35.0 Å². The second-order valence-corrected chi connectivity index (χ2v) is 20.4. The molecule has 1 heterocycles. The van der Waals surface area contributed by atoms with Crippen LogP contribution in [0.2, 0.25) is 10.0 Å². The number of aliphatic carboxylic acids is 1. The van der Waals surface area contributed by atoms with Gasteiger partial charge in [-0.3, -0.25) is 4.79 Å². The quantitative estimate of drug-likeness (QED) is 0.0471. The number of hydrogen-bond donors (Lipinski definition) is 2. The van der Waals surface area contributed by atoms with Gasteiger partial charge in [0.1, 0.15) is 17.5 Å². The number of thioether (sulfide) groups is 1. The topological polar surface area (TPSA) is 178 Å². The Balaban J connectivity index is 0.000000600.